The molecule has 182 valence electrons. The summed E-state index contributed by atoms with van der Waals surface area (Å²) in [5.74, 6) is 0.683. The summed E-state index contributed by atoms with van der Waals surface area (Å²) in [5.41, 5.74) is 2.95. The predicted octanol–water partition coefficient (Wildman–Crippen LogP) is 7.01. The van der Waals surface area contributed by atoms with Crippen molar-refractivity contribution >= 4 is 14.3 Å². The Morgan fingerprint density at radius 1 is 0.848 bits per heavy atom. The third kappa shape index (κ3) is 7.08. The van der Waals surface area contributed by atoms with Gasteiger partial charge in [0, 0.05) is 6.07 Å². The van der Waals surface area contributed by atoms with E-state index in [0.717, 1.165) is 5.56 Å². The number of benzene rings is 2. The molecule has 0 amide bonds. The molecule has 6 heteroatoms. The van der Waals surface area contributed by atoms with Crippen LogP contribution in [-0.2, 0) is 15.8 Å². The van der Waals surface area contributed by atoms with Crippen LogP contribution in [0.15, 0.2) is 48.5 Å². The highest BCUT2D eigenvalue weighted by molar-refractivity contribution is 6.77. The average molecular weight is 473 g/mol. The second-order valence-electron chi connectivity index (χ2n) is 9.52. The molecule has 0 saturated carbocycles. The fourth-order valence-corrected chi connectivity index (χ4v) is 10.3. The molecule has 0 heterocycles. The van der Waals surface area contributed by atoms with Crippen LogP contribution < -0.4 is 9.47 Å². The number of carbonyl (C=O) groups excluding carboxylic acids is 1. The number of hydrogen-bond donors (Lipinski definition) is 0. The van der Waals surface area contributed by atoms with Gasteiger partial charge in [-0.15, -0.1) is 0 Å². The standard InChI is InChI=1S/C27H40O5Si/c1-19(2)33(20(3)4,21(5)6)31-17-22(7)32-26-15-24(27(28)29-8)14-25(16-26)30-18-23-12-10-9-11-13-23/h9-16,19-22H,17-18H2,1-8H3/t22-/m0/s1. The number of esters is 1. The molecule has 0 unspecified atom stereocenters. The highest BCUT2D eigenvalue weighted by atomic mass is 28.4. The zero-order valence-electron chi connectivity index (χ0n) is 21.4. The predicted molar refractivity (Wildman–Crippen MR) is 136 cm³/mol. The van der Waals surface area contributed by atoms with Gasteiger partial charge in [0.25, 0.3) is 0 Å². The Bertz CT molecular complexity index is 858. The fraction of sp³-hybridized carbons (Fsp3) is 0.519. The monoisotopic (exact) mass is 472 g/mol. The van der Waals surface area contributed by atoms with E-state index in [-0.39, 0.29) is 6.10 Å². The molecule has 5 nitrogen and oxygen atoms in total. The molecule has 0 aliphatic carbocycles. The summed E-state index contributed by atoms with van der Waals surface area (Å²) in [6.07, 6.45) is -0.178. The minimum Gasteiger partial charge on any atom is -0.489 e. The van der Waals surface area contributed by atoms with Crippen LogP contribution in [0.25, 0.3) is 0 Å². The zero-order valence-corrected chi connectivity index (χ0v) is 22.4. The molecule has 2 aromatic rings. The van der Waals surface area contributed by atoms with Crippen LogP contribution >= 0.6 is 0 Å². The van der Waals surface area contributed by atoms with E-state index in [1.807, 2.05) is 43.3 Å². The van der Waals surface area contributed by atoms with E-state index in [1.165, 1.54) is 7.11 Å². The van der Waals surface area contributed by atoms with Crippen LogP contribution in [0.4, 0.5) is 0 Å². The van der Waals surface area contributed by atoms with E-state index in [4.69, 9.17) is 18.6 Å². The molecule has 0 fully saturated rings. The van der Waals surface area contributed by atoms with Crippen molar-refractivity contribution in [3.63, 3.8) is 0 Å². The summed E-state index contributed by atoms with van der Waals surface area (Å²) in [7, 11) is -0.616. The molecule has 0 saturated heterocycles. The van der Waals surface area contributed by atoms with Crippen molar-refractivity contribution in [2.75, 3.05) is 13.7 Å². The lowest BCUT2D eigenvalue weighted by atomic mass is 10.2. The third-order valence-electron chi connectivity index (χ3n) is 6.16. The van der Waals surface area contributed by atoms with E-state index in [1.54, 1.807) is 12.1 Å². The van der Waals surface area contributed by atoms with Crippen molar-refractivity contribution in [2.45, 2.75) is 77.8 Å². The Hall–Kier alpha value is -2.31. The van der Waals surface area contributed by atoms with Gasteiger partial charge in [-0.3, -0.25) is 0 Å². The molecule has 0 spiro atoms. The smallest absolute Gasteiger partial charge is 0.338 e. The number of hydrogen-bond acceptors (Lipinski definition) is 5. The Balaban J connectivity index is 2.16. The van der Waals surface area contributed by atoms with Gasteiger partial charge in [0.1, 0.15) is 24.2 Å². The van der Waals surface area contributed by atoms with Gasteiger partial charge < -0.3 is 18.6 Å². The maximum Gasteiger partial charge on any atom is 0.338 e. The van der Waals surface area contributed by atoms with Gasteiger partial charge in [-0.05, 0) is 41.2 Å². The molecular weight excluding hydrogens is 432 g/mol. The van der Waals surface area contributed by atoms with Gasteiger partial charge in [-0.2, -0.15) is 0 Å². The van der Waals surface area contributed by atoms with Crippen LogP contribution in [0.5, 0.6) is 11.5 Å². The van der Waals surface area contributed by atoms with Crippen molar-refractivity contribution in [1.82, 2.24) is 0 Å². The fourth-order valence-electron chi connectivity index (χ4n) is 4.73. The molecule has 2 rings (SSSR count). The Kier molecular flexibility index (Phi) is 9.99. The first-order chi connectivity index (χ1) is 15.6. The molecular formula is C27H40O5Si. The normalized spacial score (nSPS) is 12.8. The molecule has 0 aliphatic heterocycles. The number of methoxy groups -OCH3 is 1. The molecule has 33 heavy (non-hydrogen) atoms. The van der Waals surface area contributed by atoms with E-state index >= 15 is 0 Å². The molecule has 0 radical (unpaired) electrons. The maximum atomic E-state index is 12.2. The van der Waals surface area contributed by atoms with E-state index in [9.17, 15) is 4.79 Å². The van der Waals surface area contributed by atoms with Gasteiger partial charge in [0.05, 0.1) is 19.3 Å². The first kappa shape index (κ1) is 26.9. The van der Waals surface area contributed by atoms with Crippen LogP contribution in [0.2, 0.25) is 16.6 Å². The maximum absolute atomic E-state index is 12.2. The molecule has 0 N–H and O–H groups in total. The molecule has 1 atom stereocenters. The lowest BCUT2D eigenvalue weighted by molar-refractivity contribution is 0.0599. The number of carbonyl (C=O) groups is 1. The summed E-state index contributed by atoms with van der Waals surface area (Å²) in [6, 6.07) is 15.1. The molecule has 2 aromatic carbocycles. The second kappa shape index (κ2) is 12.2. The minimum absolute atomic E-state index is 0.178. The average Bonchev–Trinajstić information content (AvgIpc) is 2.77. The third-order valence-corrected chi connectivity index (χ3v) is 12.2. The highest BCUT2D eigenvalue weighted by Gasteiger charge is 2.45. The van der Waals surface area contributed by atoms with Crippen molar-refractivity contribution in [1.29, 1.82) is 0 Å². The molecule has 0 aromatic heterocycles. The summed E-state index contributed by atoms with van der Waals surface area (Å²) in [4.78, 5) is 12.2. The Morgan fingerprint density at radius 2 is 1.42 bits per heavy atom. The van der Waals surface area contributed by atoms with Crippen molar-refractivity contribution in [2.24, 2.45) is 0 Å². The van der Waals surface area contributed by atoms with Gasteiger partial charge in [0.15, 0.2) is 0 Å². The number of rotatable bonds is 12. The van der Waals surface area contributed by atoms with Gasteiger partial charge >= 0.3 is 5.97 Å². The summed E-state index contributed by atoms with van der Waals surface area (Å²) in [5, 5.41) is 0. The van der Waals surface area contributed by atoms with Gasteiger partial charge in [-0.1, -0.05) is 71.9 Å². The summed E-state index contributed by atoms with van der Waals surface area (Å²) < 4.78 is 23.7. The molecule has 0 bridgehead atoms. The highest BCUT2D eigenvalue weighted by Crippen LogP contribution is 2.42. The van der Waals surface area contributed by atoms with Crippen molar-refractivity contribution in [3.05, 3.63) is 59.7 Å². The van der Waals surface area contributed by atoms with Gasteiger partial charge in [0.2, 0.25) is 8.32 Å². The Morgan fingerprint density at radius 3 is 1.97 bits per heavy atom. The van der Waals surface area contributed by atoms with E-state index < -0.39 is 14.3 Å². The SMILES string of the molecule is COC(=O)c1cc(OCc2ccccc2)cc(O[C@@H](C)CO[Si](C(C)C)(C(C)C)C(C)C)c1. The van der Waals surface area contributed by atoms with Crippen LogP contribution in [-0.4, -0.2) is 34.1 Å². The van der Waals surface area contributed by atoms with Gasteiger partial charge in [-0.25, -0.2) is 4.79 Å². The summed E-state index contributed by atoms with van der Waals surface area (Å²) in [6.45, 7) is 16.5. The summed E-state index contributed by atoms with van der Waals surface area (Å²) >= 11 is 0. The zero-order chi connectivity index (χ0) is 24.6. The second-order valence-corrected chi connectivity index (χ2v) is 15.0. The topological polar surface area (TPSA) is 54.0 Å². The first-order valence-electron chi connectivity index (χ1n) is 11.8. The van der Waals surface area contributed by atoms with E-state index in [0.29, 0.717) is 46.9 Å². The quantitative estimate of drug-likeness (QED) is 0.246. The lowest BCUT2D eigenvalue weighted by Gasteiger charge is -2.42. The van der Waals surface area contributed by atoms with Crippen molar-refractivity contribution in [3.8, 4) is 11.5 Å². The first-order valence-corrected chi connectivity index (χ1v) is 13.9. The number of ether oxygens (including phenoxy) is 3. The lowest BCUT2D eigenvalue weighted by Crippen LogP contribution is -2.49. The van der Waals surface area contributed by atoms with E-state index in [2.05, 4.69) is 41.5 Å². The van der Waals surface area contributed by atoms with Crippen molar-refractivity contribution < 1.29 is 23.4 Å². The van der Waals surface area contributed by atoms with Crippen LogP contribution in [0.3, 0.4) is 0 Å². The molecule has 0 aliphatic rings. The van der Waals surface area contributed by atoms with Crippen LogP contribution in [0.1, 0.15) is 64.4 Å². The largest absolute Gasteiger partial charge is 0.489 e. The minimum atomic E-state index is -1.98. The van der Waals surface area contributed by atoms with Crippen LogP contribution in [0, 0.1) is 0 Å². The Labute approximate surface area is 200 Å².